The van der Waals surface area contributed by atoms with Crippen LogP contribution in [0.4, 0.5) is 0 Å². The first kappa shape index (κ1) is 21.7. The first-order chi connectivity index (χ1) is 14.4. The first-order valence-corrected chi connectivity index (χ1v) is 10.4. The molecule has 7 nitrogen and oxygen atoms in total. The molecule has 1 aromatic heterocycles. The van der Waals surface area contributed by atoms with Crippen LogP contribution in [0.2, 0.25) is 0 Å². The average molecular weight is 411 g/mol. The Labute approximate surface area is 177 Å². The van der Waals surface area contributed by atoms with Crippen molar-refractivity contribution >= 4 is 11.8 Å². The summed E-state index contributed by atoms with van der Waals surface area (Å²) < 4.78 is 5.38. The molecule has 1 N–H and O–H groups in total. The van der Waals surface area contributed by atoms with Crippen molar-refractivity contribution in [1.82, 2.24) is 20.2 Å². The van der Waals surface area contributed by atoms with E-state index in [9.17, 15) is 9.59 Å². The topological polar surface area (TPSA) is 84.4 Å². The van der Waals surface area contributed by atoms with Gasteiger partial charge in [0, 0.05) is 48.6 Å². The Morgan fingerprint density at radius 2 is 1.87 bits per heavy atom. The maximum Gasteiger partial charge on any atom is 0.227 e. The maximum atomic E-state index is 12.9. The number of rotatable bonds is 6. The van der Waals surface area contributed by atoms with E-state index in [1.165, 1.54) is 0 Å². The van der Waals surface area contributed by atoms with E-state index in [2.05, 4.69) is 5.32 Å². The van der Waals surface area contributed by atoms with Gasteiger partial charge in [0.05, 0.1) is 20.0 Å². The van der Waals surface area contributed by atoms with Crippen molar-refractivity contribution in [1.29, 1.82) is 0 Å². The van der Waals surface area contributed by atoms with Crippen LogP contribution in [-0.4, -0.2) is 53.9 Å². The number of aryl methyl sites for hydroxylation is 2. The zero-order valence-electron chi connectivity index (χ0n) is 18.2. The lowest BCUT2D eigenvalue weighted by atomic mass is 9.95. The zero-order valence-corrected chi connectivity index (χ0v) is 18.2. The number of carbonyl (C=O) groups is 2. The molecule has 0 bridgehead atoms. The minimum atomic E-state index is -0.0525. The molecule has 160 valence electrons. The van der Waals surface area contributed by atoms with Gasteiger partial charge in [-0.3, -0.25) is 9.59 Å². The fourth-order valence-corrected chi connectivity index (χ4v) is 3.99. The van der Waals surface area contributed by atoms with E-state index in [0.717, 1.165) is 53.5 Å². The third-order valence-electron chi connectivity index (χ3n) is 5.73. The van der Waals surface area contributed by atoms with E-state index in [1.54, 1.807) is 14.2 Å². The van der Waals surface area contributed by atoms with Crippen LogP contribution in [0, 0.1) is 13.8 Å². The van der Waals surface area contributed by atoms with Crippen LogP contribution >= 0.6 is 0 Å². The van der Waals surface area contributed by atoms with Gasteiger partial charge < -0.3 is 15.0 Å². The molecule has 1 fully saturated rings. The number of para-hydroxylation sites is 1. The molecule has 1 atom stereocenters. The smallest absolute Gasteiger partial charge is 0.227 e. The van der Waals surface area contributed by atoms with Crippen LogP contribution in [0.25, 0.3) is 0 Å². The lowest BCUT2D eigenvalue weighted by molar-refractivity contribution is -0.131. The molecule has 3 rings (SSSR count). The van der Waals surface area contributed by atoms with Gasteiger partial charge in [-0.15, -0.1) is 0 Å². The van der Waals surface area contributed by atoms with Gasteiger partial charge in [-0.2, -0.15) is 0 Å². The molecule has 0 spiro atoms. The number of carbonyl (C=O) groups excluding carboxylic acids is 2. The van der Waals surface area contributed by atoms with Gasteiger partial charge in [0.15, 0.2) is 0 Å². The summed E-state index contributed by atoms with van der Waals surface area (Å²) in [6.07, 6.45) is 2.47. The number of amides is 2. The lowest BCUT2D eigenvalue weighted by Gasteiger charge is -2.32. The van der Waals surface area contributed by atoms with Crippen molar-refractivity contribution in [3.8, 4) is 5.75 Å². The van der Waals surface area contributed by atoms with Crippen molar-refractivity contribution in [3.63, 3.8) is 0 Å². The number of hydrogen-bond acceptors (Lipinski definition) is 5. The third kappa shape index (κ3) is 4.96. The minimum absolute atomic E-state index is 0.0525. The molecule has 2 amide bonds. The quantitative estimate of drug-likeness (QED) is 0.790. The number of likely N-dealkylation sites (tertiary alicyclic amines) is 1. The molecular formula is C23H30N4O3. The van der Waals surface area contributed by atoms with Gasteiger partial charge in [-0.05, 0) is 32.8 Å². The fourth-order valence-electron chi connectivity index (χ4n) is 3.99. The van der Waals surface area contributed by atoms with E-state index >= 15 is 0 Å². The fraction of sp³-hybridized carbons (Fsp3) is 0.478. The summed E-state index contributed by atoms with van der Waals surface area (Å²) in [6.45, 7) is 5.20. The molecule has 0 radical (unpaired) electrons. The number of hydrogen-bond donors (Lipinski definition) is 1. The number of nitrogens with one attached hydrogen (secondary N) is 1. The van der Waals surface area contributed by atoms with Gasteiger partial charge in [0.1, 0.15) is 11.6 Å². The number of benzene rings is 1. The van der Waals surface area contributed by atoms with E-state index in [-0.39, 0.29) is 24.2 Å². The van der Waals surface area contributed by atoms with Crippen LogP contribution in [0.1, 0.15) is 47.1 Å². The highest BCUT2D eigenvalue weighted by Gasteiger charge is 2.28. The normalized spacial score (nSPS) is 16.3. The number of methoxy groups -OCH3 is 1. The van der Waals surface area contributed by atoms with Crippen molar-refractivity contribution in [2.75, 3.05) is 27.2 Å². The summed E-state index contributed by atoms with van der Waals surface area (Å²) >= 11 is 0. The molecule has 30 heavy (non-hydrogen) atoms. The highest BCUT2D eigenvalue weighted by atomic mass is 16.5. The Morgan fingerprint density at radius 1 is 1.17 bits per heavy atom. The molecule has 2 aromatic rings. The van der Waals surface area contributed by atoms with E-state index in [1.807, 2.05) is 43.0 Å². The molecular weight excluding hydrogens is 380 g/mol. The number of piperidine rings is 1. The Bertz CT molecular complexity index is 905. The molecule has 7 heteroatoms. The maximum absolute atomic E-state index is 12.9. The molecule has 0 unspecified atom stereocenters. The monoisotopic (exact) mass is 410 g/mol. The first-order valence-electron chi connectivity index (χ1n) is 10.4. The van der Waals surface area contributed by atoms with Gasteiger partial charge in [-0.1, -0.05) is 18.2 Å². The number of ether oxygens (including phenoxy) is 1. The lowest BCUT2D eigenvalue weighted by Crippen LogP contribution is -2.40. The Balaban J connectivity index is 1.73. The van der Waals surface area contributed by atoms with Gasteiger partial charge >= 0.3 is 0 Å². The largest absolute Gasteiger partial charge is 0.496 e. The Morgan fingerprint density at radius 3 is 2.53 bits per heavy atom. The van der Waals surface area contributed by atoms with E-state index in [4.69, 9.17) is 14.7 Å². The second kappa shape index (κ2) is 9.69. The van der Waals surface area contributed by atoms with Crippen LogP contribution in [0.5, 0.6) is 5.75 Å². The standard InChI is InChI=1S/C23H30N4O3/c1-15-19(13-21(28)24-3)16(2)26-23(25-15)18-9-7-11-27(14-18)22(29)12-17-8-5-6-10-20(17)30-4/h5-6,8,10,18H,7,9,11-14H2,1-4H3,(H,24,28)/t18-/m1/s1. The van der Waals surface area contributed by atoms with Crippen LogP contribution in [0.15, 0.2) is 24.3 Å². The van der Waals surface area contributed by atoms with Crippen LogP contribution in [0.3, 0.4) is 0 Å². The minimum Gasteiger partial charge on any atom is -0.496 e. The molecule has 0 saturated carbocycles. The molecule has 1 aliphatic heterocycles. The predicted molar refractivity (Wildman–Crippen MR) is 115 cm³/mol. The summed E-state index contributed by atoms with van der Waals surface area (Å²) in [7, 11) is 3.25. The molecule has 1 aromatic carbocycles. The highest BCUT2D eigenvalue weighted by molar-refractivity contribution is 5.80. The van der Waals surface area contributed by atoms with Crippen molar-refractivity contribution < 1.29 is 14.3 Å². The van der Waals surface area contributed by atoms with E-state index in [0.29, 0.717) is 13.0 Å². The molecule has 1 aliphatic rings. The van der Waals surface area contributed by atoms with Gasteiger partial charge in [0.25, 0.3) is 0 Å². The van der Waals surface area contributed by atoms with Gasteiger partial charge in [0.2, 0.25) is 11.8 Å². The molecule has 0 aliphatic carbocycles. The zero-order chi connectivity index (χ0) is 21.7. The average Bonchev–Trinajstić information content (AvgIpc) is 2.76. The number of aromatic nitrogens is 2. The second-order valence-corrected chi connectivity index (χ2v) is 7.75. The van der Waals surface area contributed by atoms with Crippen molar-refractivity contribution in [2.45, 2.75) is 45.4 Å². The molecule has 2 heterocycles. The summed E-state index contributed by atoms with van der Waals surface area (Å²) in [5.41, 5.74) is 3.43. The summed E-state index contributed by atoms with van der Waals surface area (Å²) in [5.74, 6) is 1.64. The second-order valence-electron chi connectivity index (χ2n) is 7.75. The van der Waals surface area contributed by atoms with Gasteiger partial charge in [-0.25, -0.2) is 9.97 Å². The van der Waals surface area contributed by atoms with Crippen LogP contribution < -0.4 is 10.1 Å². The number of likely N-dealkylation sites (N-methyl/N-ethyl adjacent to an activating group) is 1. The van der Waals surface area contributed by atoms with Crippen molar-refractivity contribution in [2.24, 2.45) is 0 Å². The Hall–Kier alpha value is -2.96. The van der Waals surface area contributed by atoms with Crippen molar-refractivity contribution in [3.05, 3.63) is 52.6 Å². The SMILES string of the molecule is CNC(=O)Cc1c(C)nc([C@@H]2CCCN(C(=O)Cc3ccccc3OC)C2)nc1C. The Kier molecular flexibility index (Phi) is 7.03. The molecule has 1 saturated heterocycles. The van der Waals surface area contributed by atoms with Crippen LogP contribution in [-0.2, 0) is 22.4 Å². The van der Waals surface area contributed by atoms with E-state index < -0.39 is 0 Å². The number of nitrogens with zero attached hydrogens (tertiary/aromatic N) is 3. The summed E-state index contributed by atoms with van der Waals surface area (Å²) in [5, 5.41) is 2.64. The predicted octanol–water partition coefficient (Wildman–Crippen LogP) is 2.34. The third-order valence-corrected chi connectivity index (χ3v) is 5.73. The summed E-state index contributed by atoms with van der Waals surface area (Å²) in [6, 6.07) is 7.63. The summed E-state index contributed by atoms with van der Waals surface area (Å²) in [4.78, 5) is 36.0. The highest BCUT2D eigenvalue weighted by Crippen LogP contribution is 2.27.